The van der Waals surface area contributed by atoms with Crippen molar-refractivity contribution in [3.63, 3.8) is 0 Å². The second-order valence-corrected chi connectivity index (χ2v) is 6.36. The lowest BCUT2D eigenvalue weighted by Crippen LogP contribution is -2.39. The molecule has 1 atom stereocenters. The Morgan fingerprint density at radius 1 is 1.42 bits per heavy atom. The standard InChI is InChI=1S/C14H16F3N5OS/c15-14(16,17)11-6-22-5-9(1-2-12(22)21-11)3-18-13(23)19-4-10-7-24-8-20-10/h6-9H,1-5H2,(H2,18,19,23)/t9-/m0/s1. The van der Waals surface area contributed by atoms with Crippen LogP contribution in [0.25, 0.3) is 0 Å². The molecule has 0 radical (unpaired) electrons. The van der Waals surface area contributed by atoms with E-state index in [9.17, 15) is 18.0 Å². The lowest BCUT2D eigenvalue weighted by atomic mass is 9.99. The van der Waals surface area contributed by atoms with E-state index in [0.29, 0.717) is 38.3 Å². The molecule has 0 bridgehead atoms. The van der Waals surface area contributed by atoms with Crippen molar-refractivity contribution in [3.8, 4) is 0 Å². The maximum atomic E-state index is 12.7. The van der Waals surface area contributed by atoms with Crippen LogP contribution in [-0.2, 0) is 25.7 Å². The van der Waals surface area contributed by atoms with Crippen molar-refractivity contribution in [1.82, 2.24) is 25.2 Å². The molecule has 0 saturated carbocycles. The van der Waals surface area contributed by atoms with Gasteiger partial charge in [-0.05, 0) is 12.3 Å². The number of thiazole rings is 1. The molecule has 0 fully saturated rings. The van der Waals surface area contributed by atoms with E-state index in [1.165, 1.54) is 15.9 Å². The van der Waals surface area contributed by atoms with Crippen LogP contribution in [0.4, 0.5) is 18.0 Å². The number of alkyl halides is 3. The van der Waals surface area contributed by atoms with E-state index in [1.54, 1.807) is 5.51 Å². The van der Waals surface area contributed by atoms with Crippen molar-refractivity contribution in [3.05, 3.63) is 34.3 Å². The van der Waals surface area contributed by atoms with Crippen LogP contribution in [-0.4, -0.2) is 27.1 Å². The van der Waals surface area contributed by atoms with Crippen molar-refractivity contribution >= 4 is 17.4 Å². The molecule has 1 aliphatic rings. The summed E-state index contributed by atoms with van der Waals surface area (Å²) in [6.07, 6.45) is -2.21. The third kappa shape index (κ3) is 4.05. The Morgan fingerprint density at radius 2 is 2.25 bits per heavy atom. The number of urea groups is 1. The predicted octanol–water partition coefficient (Wildman–Crippen LogP) is 2.42. The number of imidazole rings is 1. The zero-order valence-electron chi connectivity index (χ0n) is 12.6. The van der Waals surface area contributed by atoms with E-state index in [4.69, 9.17) is 0 Å². The molecule has 2 N–H and O–H groups in total. The van der Waals surface area contributed by atoms with Gasteiger partial charge in [-0.25, -0.2) is 14.8 Å². The number of rotatable bonds is 4. The highest BCUT2D eigenvalue weighted by molar-refractivity contribution is 7.07. The van der Waals surface area contributed by atoms with Crippen LogP contribution in [0.5, 0.6) is 0 Å². The van der Waals surface area contributed by atoms with Crippen LogP contribution in [0.15, 0.2) is 17.1 Å². The number of aromatic nitrogens is 3. The van der Waals surface area contributed by atoms with Crippen molar-refractivity contribution in [2.45, 2.75) is 32.1 Å². The van der Waals surface area contributed by atoms with Crippen LogP contribution in [0.3, 0.4) is 0 Å². The zero-order valence-corrected chi connectivity index (χ0v) is 13.5. The van der Waals surface area contributed by atoms with Gasteiger partial charge >= 0.3 is 12.2 Å². The van der Waals surface area contributed by atoms with Gasteiger partial charge < -0.3 is 15.2 Å². The van der Waals surface area contributed by atoms with Gasteiger partial charge in [-0.1, -0.05) is 0 Å². The van der Waals surface area contributed by atoms with Crippen molar-refractivity contribution in [2.75, 3.05) is 6.54 Å². The summed E-state index contributed by atoms with van der Waals surface area (Å²) in [5.74, 6) is 0.532. The number of hydrogen-bond acceptors (Lipinski definition) is 4. The van der Waals surface area contributed by atoms with E-state index in [0.717, 1.165) is 11.9 Å². The molecule has 24 heavy (non-hydrogen) atoms. The molecule has 1 aliphatic heterocycles. The summed E-state index contributed by atoms with van der Waals surface area (Å²) >= 11 is 1.45. The molecule has 0 aromatic carbocycles. The van der Waals surface area contributed by atoms with E-state index in [1.807, 2.05) is 5.38 Å². The fourth-order valence-corrected chi connectivity index (χ4v) is 3.17. The smallest absolute Gasteiger partial charge is 0.338 e. The molecule has 2 aromatic rings. The molecule has 0 saturated heterocycles. The number of fused-ring (bicyclic) bond motifs is 1. The topological polar surface area (TPSA) is 71.8 Å². The maximum Gasteiger partial charge on any atom is 0.434 e. The largest absolute Gasteiger partial charge is 0.434 e. The lowest BCUT2D eigenvalue weighted by molar-refractivity contribution is -0.141. The van der Waals surface area contributed by atoms with Crippen LogP contribution in [0.1, 0.15) is 23.6 Å². The number of carbonyl (C=O) groups is 1. The van der Waals surface area contributed by atoms with Gasteiger partial charge in [0.05, 0.1) is 17.7 Å². The lowest BCUT2D eigenvalue weighted by Gasteiger charge is -2.23. The Balaban J connectivity index is 1.47. The summed E-state index contributed by atoms with van der Waals surface area (Å²) < 4.78 is 39.6. The summed E-state index contributed by atoms with van der Waals surface area (Å²) in [6, 6.07) is -0.310. The van der Waals surface area contributed by atoms with Gasteiger partial charge in [0.15, 0.2) is 5.69 Å². The highest BCUT2D eigenvalue weighted by atomic mass is 32.1. The second-order valence-electron chi connectivity index (χ2n) is 5.64. The molecule has 3 heterocycles. The van der Waals surface area contributed by atoms with Crippen molar-refractivity contribution < 1.29 is 18.0 Å². The van der Waals surface area contributed by atoms with Gasteiger partial charge in [0, 0.05) is 31.1 Å². The van der Waals surface area contributed by atoms with Gasteiger partial charge in [0.2, 0.25) is 0 Å². The van der Waals surface area contributed by atoms with Gasteiger partial charge in [-0.3, -0.25) is 0 Å². The first-order valence-electron chi connectivity index (χ1n) is 7.44. The number of hydrogen-bond donors (Lipinski definition) is 2. The Labute approximate surface area is 140 Å². The fourth-order valence-electron chi connectivity index (χ4n) is 2.61. The van der Waals surface area contributed by atoms with E-state index < -0.39 is 11.9 Å². The normalized spacial score (nSPS) is 17.4. The summed E-state index contributed by atoms with van der Waals surface area (Å²) in [4.78, 5) is 19.4. The Bertz CT molecular complexity index is 698. The SMILES string of the molecule is O=C(NCc1cscn1)NC[C@@H]1CCc2nc(C(F)(F)F)cn2C1. The summed E-state index contributed by atoms with van der Waals surface area (Å²) in [6.45, 7) is 1.17. The Hall–Kier alpha value is -2.10. The van der Waals surface area contributed by atoms with Crippen molar-refractivity contribution in [1.29, 1.82) is 0 Å². The minimum Gasteiger partial charge on any atom is -0.338 e. The monoisotopic (exact) mass is 359 g/mol. The predicted molar refractivity (Wildman–Crippen MR) is 81.4 cm³/mol. The molecular weight excluding hydrogens is 343 g/mol. The summed E-state index contributed by atoms with van der Waals surface area (Å²) in [5.41, 5.74) is 1.62. The third-order valence-electron chi connectivity index (χ3n) is 3.85. The average Bonchev–Trinajstić information content (AvgIpc) is 3.18. The number of nitrogens with one attached hydrogen (secondary N) is 2. The molecular formula is C14H16F3N5OS. The highest BCUT2D eigenvalue weighted by Gasteiger charge is 2.35. The molecule has 130 valence electrons. The molecule has 0 spiro atoms. The number of amides is 2. The summed E-state index contributed by atoms with van der Waals surface area (Å²) in [7, 11) is 0. The van der Waals surface area contributed by atoms with Crippen LogP contribution in [0.2, 0.25) is 0 Å². The van der Waals surface area contributed by atoms with Gasteiger partial charge in [0.25, 0.3) is 0 Å². The Kier molecular flexibility index (Phi) is 4.74. The number of aryl methyl sites for hydroxylation is 1. The first-order valence-corrected chi connectivity index (χ1v) is 8.38. The minimum absolute atomic E-state index is 0.0813. The average molecular weight is 359 g/mol. The molecule has 2 aromatic heterocycles. The molecule has 0 unspecified atom stereocenters. The molecule has 0 aliphatic carbocycles. The number of nitrogens with zero attached hydrogens (tertiary/aromatic N) is 3. The molecule has 2 amide bonds. The maximum absolute atomic E-state index is 12.7. The highest BCUT2D eigenvalue weighted by Crippen LogP contribution is 2.30. The van der Waals surface area contributed by atoms with Gasteiger partial charge in [0.1, 0.15) is 5.82 Å². The van der Waals surface area contributed by atoms with Gasteiger partial charge in [-0.2, -0.15) is 13.2 Å². The molecule has 6 nitrogen and oxygen atoms in total. The van der Waals surface area contributed by atoms with Crippen molar-refractivity contribution in [2.24, 2.45) is 5.92 Å². The quantitative estimate of drug-likeness (QED) is 0.881. The first kappa shape index (κ1) is 16.7. The van der Waals surface area contributed by atoms with E-state index in [2.05, 4.69) is 20.6 Å². The van der Waals surface area contributed by atoms with Gasteiger partial charge in [-0.15, -0.1) is 11.3 Å². The van der Waals surface area contributed by atoms with Crippen LogP contribution >= 0.6 is 11.3 Å². The second kappa shape index (κ2) is 6.80. The van der Waals surface area contributed by atoms with E-state index >= 15 is 0 Å². The van der Waals surface area contributed by atoms with Crippen LogP contribution in [0, 0.1) is 5.92 Å². The zero-order chi connectivity index (χ0) is 17.2. The fraction of sp³-hybridized carbons (Fsp3) is 0.500. The number of halogens is 3. The minimum atomic E-state index is -4.42. The Morgan fingerprint density at radius 3 is 2.96 bits per heavy atom. The summed E-state index contributed by atoms with van der Waals surface area (Å²) in [5, 5.41) is 7.29. The van der Waals surface area contributed by atoms with Crippen LogP contribution < -0.4 is 10.6 Å². The first-order chi connectivity index (χ1) is 11.4. The third-order valence-corrected chi connectivity index (χ3v) is 4.48. The number of carbonyl (C=O) groups excluding carboxylic acids is 1. The molecule has 10 heteroatoms. The molecule has 3 rings (SSSR count). The van der Waals surface area contributed by atoms with E-state index in [-0.39, 0.29) is 11.9 Å².